The number of fused-ring (bicyclic) bond motifs is 1. The second kappa shape index (κ2) is 6.16. The van der Waals surface area contributed by atoms with Gasteiger partial charge in [-0.15, -0.1) is 0 Å². The third kappa shape index (κ3) is 2.93. The molecule has 3 aromatic rings. The van der Waals surface area contributed by atoms with Crippen molar-refractivity contribution in [3.63, 3.8) is 0 Å². The van der Waals surface area contributed by atoms with Gasteiger partial charge in [-0.1, -0.05) is 5.16 Å². The predicted octanol–water partition coefficient (Wildman–Crippen LogP) is 2.90. The van der Waals surface area contributed by atoms with E-state index in [4.69, 9.17) is 14.3 Å². The van der Waals surface area contributed by atoms with Gasteiger partial charge in [0, 0.05) is 11.4 Å². The van der Waals surface area contributed by atoms with E-state index in [0.29, 0.717) is 35.3 Å². The maximum absolute atomic E-state index is 12.6. The van der Waals surface area contributed by atoms with E-state index in [1.807, 2.05) is 0 Å². The van der Waals surface area contributed by atoms with Crippen molar-refractivity contribution in [2.24, 2.45) is 0 Å². The van der Waals surface area contributed by atoms with Crippen molar-refractivity contribution in [1.82, 2.24) is 5.16 Å². The number of hydrogen-bond donors (Lipinski definition) is 3. The topological polar surface area (TPSA) is 124 Å². The maximum Gasteiger partial charge on any atom is 0.267 e. The highest BCUT2D eigenvalue weighted by atomic mass is 32.2. The lowest BCUT2D eigenvalue weighted by Gasteiger charge is -2.29. The molecule has 3 N–H and O–H groups in total. The van der Waals surface area contributed by atoms with Gasteiger partial charge in [-0.05, 0) is 44.2 Å². The summed E-state index contributed by atoms with van der Waals surface area (Å²) in [6.45, 7) is 3.51. The van der Waals surface area contributed by atoms with Crippen molar-refractivity contribution in [2.45, 2.75) is 18.7 Å². The fourth-order valence-corrected chi connectivity index (χ4v) is 4.39. The number of amidine groups is 1. The second-order valence-electron chi connectivity index (χ2n) is 6.08. The Hall–Kier alpha value is -3.27. The van der Waals surface area contributed by atoms with Gasteiger partial charge in [0.05, 0.1) is 18.5 Å². The first-order valence-corrected chi connectivity index (χ1v) is 9.59. The van der Waals surface area contributed by atoms with Crippen LogP contribution in [-0.2, 0) is 10.0 Å². The van der Waals surface area contributed by atoms with E-state index in [0.717, 1.165) is 5.69 Å². The number of aromatic nitrogens is 1. The Morgan fingerprint density at radius 2 is 1.96 bits per heavy atom. The van der Waals surface area contributed by atoms with Crippen LogP contribution in [0.3, 0.4) is 0 Å². The minimum atomic E-state index is -3.80. The fourth-order valence-electron chi connectivity index (χ4n) is 3.00. The van der Waals surface area contributed by atoms with Gasteiger partial charge in [0.1, 0.15) is 11.5 Å². The number of furan rings is 1. The molecule has 0 spiro atoms. The van der Waals surface area contributed by atoms with Gasteiger partial charge in [-0.3, -0.25) is 10.1 Å². The Morgan fingerprint density at radius 1 is 1.22 bits per heavy atom. The normalized spacial score (nSPS) is 14.0. The van der Waals surface area contributed by atoms with Crippen molar-refractivity contribution in [2.75, 3.05) is 21.6 Å². The van der Waals surface area contributed by atoms with Gasteiger partial charge in [0.25, 0.3) is 10.0 Å². The molecule has 2 aromatic heterocycles. The zero-order valence-corrected chi connectivity index (χ0v) is 15.4. The summed E-state index contributed by atoms with van der Waals surface area (Å²) in [6.07, 6.45) is 1.53. The molecule has 0 saturated carbocycles. The van der Waals surface area contributed by atoms with Crippen LogP contribution in [0.25, 0.3) is 0 Å². The Bertz CT molecular complexity index is 1100. The highest BCUT2D eigenvalue weighted by molar-refractivity contribution is 7.92. The van der Waals surface area contributed by atoms with Gasteiger partial charge in [-0.25, -0.2) is 8.42 Å². The molecule has 4 rings (SSSR count). The summed E-state index contributed by atoms with van der Waals surface area (Å²) in [4.78, 5) is 1.80. The first-order chi connectivity index (χ1) is 12.9. The molecule has 27 heavy (non-hydrogen) atoms. The highest BCUT2D eigenvalue weighted by Gasteiger charge is 2.26. The van der Waals surface area contributed by atoms with Gasteiger partial charge < -0.3 is 19.2 Å². The maximum atomic E-state index is 12.6. The Balaban J connectivity index is 1.56. The van der Waals surface area contributed by atoms with Crippen LogP contribution < -0.4 is 14.9 Å². The average Bonchev–Trinajstić information content (AvgIpc) is 3.23. The minimum Gasteiger partial charge on any atom is -0.448 e. The summed E-state index contributed by atoms with van der Waals surface area (Å²) >= 11 is 0. The summed E-state index contributed by atoms with van der Waals surface area (Å²) in [7, 11) is -3.80. The molecule has 1 aliphatic rings. The molecule has 0 aliphatic carbocycles. The van der Waals surface area contributed by atoms with Gasteiger partial charge in [0.2, 0.25) is 5.88 Å². The van der Waals surface area contributed by atoms with Crippen molar-refractivity contribution in [1.29, 1.82) is 5.41 Å². The molecule has 10 heteroatoms. The van der Waals surface area contributed by atoms with Crippen molar-refractivity contribution in [3.8, 4) is 0 Å². The summed E-state index contributed by atoms with van der Waals surface area (Å²) in [6, 6.07) is 8.49. The molecule has 0 bridgehead atoms. The lowest BCUT2D eigenvalue weighted by Crippen LogP contribution is -2.39. The molecule has 0 radical (unpaired) electrons. The smallest absolute Gasteiger partial charge is 0.267 e. The summed E-state index contributed by atoms with van der Waals surface area (Å²) in [5.41, 5.74) is 2.13. The first-order valence-electron chi connectivity index (χ1n) is 8.10. The van der Waals surface area contributed by atoms with Crippen molar-refractivity contribution in [3.05, 3.63) is 53.6 Å². The van der Waals surface area contributed by atoms with Crippen LogP contribution in [0.1, 0.15) is 17.0 Å². The summed E-state index contributed by atoms with van der Waals surface area (Å²) in [5.74, 6) is 1.11. The van der Waals surface area contributed by atoms with Gasteiger partial charge in [0.15, 0.2) is 10.7 Å². The van der Waals surface area contributed by atoms with Crippen molar-refractivity contribution >= 4 is 33.1 Å². The number of rotatable bonds is 4. The molecule has 0 unspecified atom stereocenters. The second-order valence-corrected chi connectivity index (χ2v) is 7.70. The van der Waals surface area contributed by atoms with Gasteiger partial charge in [-0.2, -0.15) is 0 Å². The third-order valence-electron chi connectivity index (χ3n) is 4.26. The molecule has 0 fully saturated rings. The number of nitrogens with zero attached hydrogens (tertiary/aromatic N) is 2. The Morgan fingerprint density at radius 3 is 2.63 bits per heavy atom. The van der Waals surface area contributed by atoms with E-state index < -0.39 is 10.0 Å². The van der Waals surface area contributed by atoms with E-state index in [1.54, 1.807) is 49.1 Å². The first kappa shape index (κ1) is 17.2. The zero-order valence-electron chi connectivity index (χ0n) is 14.6. The molecule has 0 atom stereocenters. The quantitative estimate of drug-likeness (QED) is 0.628. The Labute approximate surface area is 155 Å². The molecule has 3 heterocycles. The molecule has 140 valence electrons. The predicted molar refractivity (Wildman–Crippen MR) is 99.7 cm³/mol. The highest BCUT2D eigenvalue weighted by Crippen LogP contribution is 2.28. The van der Waals surface area contributed by atoms with Gasteiger partial charge >= 0.3 is 0 Å². The number of hydrogen-bond acceptors (Lipinski definition) is 7. The summed E-state index contributed by atoms with van der Waals surface area (Å²) in [5, 5.41) is 15.1. The van der Waals surface area contributed by atoms with E-state index >= 15 is 0 Å². The molecular weight excluding hydrogens is 370 g/mol. The van der Waals surface area contributed by atoms with E-state index in [9.17, 15) is 8.42 Å². The van der Waals surface area contributed by atoms with E-state index in [1.165, 1.54) is 6.26 Å². The molecule has 9 nitrogen and oxygen atoms in total. The molecule has 1 aliphatic heterocycles. The van der Waals surface area contributed by atoms with Crippen LogP contribution in [0, 0.1) is 19.3 Å². The lowest BCUT2D eigenvalue weighted by molar-refractivity contribution is 0.390. The lowest BCUT2D eigenvalue weighted by atomic mass is 10.2. The molecule has 0 saturated heterocycles. The number of nitrogens with one attached hydrogen (secondary N) is 3. The van der Waals surface area contributed by atoms with Crippen LogP contribution >= 0.6 is 0 Å². The zero-order chi connectivity index (χ0) is 19.2. The van der Waals surface area contributed by atoms with Crippen LogP contribution in [-0.4, -0.2) is 26.1 Å². The van der Waals surface area contributed by atoms with E-state index in [2.05, 4.69) is 15.2 Å². The number of anilines is 3. The summed E-state index contributed by atoms with van der Waals surface area (Å²) < 4.78 is 37.9. The monoisotopic (exact) mass is 387 g/mol. The standard InChI is InChI=1S/C17H17N5O4S/c1-10-15(11(2)26-20-10)27(23,24)21-12-3-5-13(6-4-12)22-9-19-17-14(16(22)18)7-8-25-17/h3-8,18-19,21H,9H2,1-2H3. The molecule has 1 aromatic carbocycles. The Kier molecular flexibility index (Phi) is 3.92. The number of sulfonamides is 1. The van der Waals surface area contributed by atoms with Crippen molar-refractivity contribution < 1.29 is 17.4 Å². The third-order valence-corrected chi connectivity index (χ3v) is 5.88. The van der Waals surface area contributed by atoms with E-state index in [-0.39, 0.29) is 10.7 Å². The van der Waals surface area contributed by atoms with Crippen LogP contribution in [0.15, 0.2) is 50.4 Å². The SMILES string of the molecule is Cc1noc(C)c1S(=O)(=O)Nc1ccc(N2CNc3occc3C2=N)cc1. The minimum absolute atomic E-state index is 0.0427. The fraction of sp³-hybridized carbons (Fsp3) is 0.176. The average molecular weight is 387 g/mol. The molecule has 0 amide bonds. The van der Waals surface area contributed by atoms with Crippen LogP contribution in [0.4, 0.5) is 17.3 Å². The molecular formula is C17H17N5O4S. The van der Waals surface area contributed by atoms with Crippen LogP contribution in [0.5, 0.6) is 0 Å². The number of benzene rings is 1. The van der Waals surface area contributed by atoms with Crippen LogP contribution in [0.2, 0.25) is 0 Å². The number of aryl methyl sites for hydroxylation is 2. The largest absolute Gasteiger partial charge is 0.448 e.